The summed E-state index contributed by atoms with van der Waals surface area (Å²) in [5.74, 6) is 1.95. The van der Waals surface area contributed by atoms with E-state index in [4.69, 9.17) is 9.47 Å². The van der Waals surface area contributed by atoms with Crippen molar-refractivity contribution in [3.05, 3.63) is 23.8 Å². The fourth-order valence-electron chi connectivity index (χ4n) is 3.05. The highest BCUT2D eigenvalue weighted by Crippen LogP contribution is 2.35. The Morgan fingerprint density at radius 3 is 3.05 bits per heavy atom. The SMILES string of the molecule is O=C(c1cccc2c1OCCO2)N1CCCC(CCBr)C1. The van der Waals surface area contributed by atoms with Crippen LogP contribution in [0.25, 0.3) is 0 Å². The van der Waals surface area contributed by atoms with E-state index < -0.39 is 0 Å². The van der Waals surface area contributed by atoms with E-state index >= 15 is 0 Å². The van der Waals surface area contributed by atoms with Gasteiger partial charge in [-0.15, -0.1) is 0 Å². The van der Waals surface area contributed by atoms with Gasteiger partial charge < -0.3 is 14.4 Å². The zero-order valence-electron chi connectivity index (χ0n) is 12.0. The molecule has 1 amide bonds. The van der Waals surface area contributed by atoms with Gasteiger partial charge in [0.2, 0.25) is 0 Å². The van der Waals surface area contributed by atoms with Gasteiger partial charge in [-0.05, 0) is 37.3 Å². The van der Waals surface area contributed by atoms with Crippen LogP contribution in [-0.4, -0.2) is 42.4 Å². The number of para-hydroxylation sites is 1. The second-order valence-electron chi connectivity index (χ2n) is 5.57. The summed E-state index contributed by atoms with van der Waals surface area (Å²) in [5, 5.41) is 0.997. The normalized spacial score (nSPS) is 21.2. The van der Waals surface area contributed by atoms with Crippen LogP contribution in [-0.2, 0) is 0 Å². The minimum atomic E-state index is 0.0663. The maximum Gasteiger partial charge on any atom is 0.257 e. The number of hydrogen-bond acceptors (Lipinski definition) is 3. The lowest BCUT2D eigenvalue weighted by Gasteiger charge is -2.33. The number of alkyl halides is 1. The molecule has 0 saturated carbocycles. The highest BCUT2D eigenvalue weighted by molar-refractivity contribution is 9.09. The molecule has 0 spiro atoms. The molecule has 0 radical (unpaired) electrons. The van der Waals surface area contributed by atoms with E-state index in [0.29, 0.717) is 36.2 Å². The molecule has 1 atom stereocenters. The zero-order chi connectivity index (χ0) is 14.7. The Morgan fingerprint density at radius 2 is 2.19 bits per heavy atom. The number of nitrogens with zero attached hydrogens (tertiary/aromatic N) is 1. The number of hydrogen-bond donors (Lipinski definition) is 0. The third-order valence-electron chi connectivity index (χ3n) is 4.12. The molecule has 1 unspecified atom stereocenters. The van der Waals surface area contributed by atoms with E-state index in [2.05, 4.69) is 15.9 Å². The highest BCUT2D eigenvalue weighted by atomic mass is 79.9. The molecule has 2 aliphatic heterocycles. The van der Waals surface area contributed by atoms with Gasteiger partial charge in [-0.25, -0.2) is 0 Å². The lowest BCUT2D eigenvalue weighted by molar-refractivity contribution is 0.0662. The molecule has 3 rings (SSSR count). The summed E-state index contributed by atoms with van der Waals surface area (Å²) in [6, 6.07) is 5.56. The van der Waals surface area contributed by atoms with Gasteiger partial charge in [0, 0.05) is 18.4 Å². The van der Waals surface area contributed by atoms with Crippen LogP contribution in [0.2, 0.25) is 0 Å². The van der Waals surface area contributed by atoms with E-state index in [-0.39, 0.29) is 5.91 Å². The minimum absolute atomic E-state index is 0.0663. The van der Waals surface area contributed by atoms with Gasteiger partial charge in [-0.3, -0.25) is 4.79 Å². The van der Waals surface area contributed by atoms with Crippen LogP contribution in [0, 0.1) is 5.92 Å². The first-order valence-corrected chi connectivity index (χ1v) is 8.65. The van der Waals surface area contributed by atoms with Crippen LogP contribution in [0.3, 0.4) is 0 Å². The average Bonchev–Trinajstić information content (AvgIpc) is 2.54. The molecule has 0 bridgehead atoms. The Balaban J connectivity index is 1.79. The van der Waals surface area contributed by atoms with Gasteiger partial charge >= 0.3 is 0 Å². The quantitative estimate of drug-likeness (QED) is 0.783. The first kappa shape index (κ1) is 14.7. The molecule has 4 nitrogen and oxygen atoms in total. The van der Waals surface area contributed by atoms with Crippen molar-refractivity contribution in [1.82, 2.24) is 4.90 Å². The third kappa shape index (κ3) is 3.18. The molecule has 0 N–H and O–H groups in total. The largest absolute Gasteiger partial charge is 0.486 e. The number of carbonyl (C=O) groups excluding carboxylic acids is 1. The van der Waals surface area contributed by atoms with Crippen LogP contribution >= 0.6 is 15.9 Å². The second kappa shape index (κ2) is 6.69. The minimum Gasteiger partial charge on any atom is -0.486 e. The number of amides is 1. The molecule has 2 heterocycles. The number of halogens is 1. The molecule has 1 aromatic rings. The zero-order valence-corrected chi connectivity index (χ0v) is 13.6. The van der Waals surface area contributed by atoms with Gasteiger partial charge in [0.05, 0.1) is 5.56 Å². The average molecular weight is 354 g/mol. The summed E-state index contributed by atoms with van der Waals surface area (Å²) in [5.41, 5.74) is 0.631. The number of fused-ring (bicyclic) bond motifs is 1. The Bertz CT molecular complexity index is 518. The first-order valence-electron chi connectivity index (χ1n) is 7.53. The van der Waals surface area contributed by atoms with Crippen LogP contribution < -0.4 is 9.47 Å². The third-order valence-corrected chi connectivity index (χ3v) is 4.58. The number of likely N-dealkylation sites (tertiary alicyclic amines) is 1. The van der Waals surface area contributed by atoms with Crippen LogP contribution in [0.1, 0.15) is 29.6 Å². The molecule has 1 fully saturated rings. The van der Waals surface area contributed by atoms with Crippen LogP contribution in [0.15, 0.2) is 18.2 Å². The van der Waals surface area contributed by atoms with E-state index in [1.165, 1.54) is 6.42 Å². The molecular formula is C16H20BrNO3. The van der Waals surface area contributed by atoms with Crippen molar-refractivity contribution in [2.45, 2.75) is 19.3 Å². The highest BCUT2D eigenvalue weighted by Gasteiger charge is 2.28. The number of ether oxygens (including phenoxy) is 2. The predicted octanol–water partition coefficient (Wildman–Crippen LogP) is 3.10. The van der Waals surface area contributed by atoms with E-state index in [1.807, 2.05) is 23.1 Å². The second-order valence-corrected chi connectivity index (χ2v) is 6.36. The molecule has 1 aromatic carbocycles. The standard InChI is InChI=1S/C16H20BrNO3/c17-7-6-12-3-2-8-18(11-12)16(19)13-4-1-5-14-15(13)21-10-9-20-14/h1,4-5,12H,2-3,6-11H2. The van der Waals surface area contributed by atoms with Crippen LogP contribution in [0.5, 0.6) is 11.5 Å². The molecule has 2 aliphatic rings. The summed E-state index contributed by atoms with van der Waals surface area (Å²) < 4.78 is 11.2. The van der Waals surface area contributed by atoms with E-state index in [9.17, 15) is 4.79 Å². The topological polar surface area (TPSA) is 38.8 Å². The van der Waals surface area contributed by atoms with Crippen molar-refractivity contribution in [2.24, 2.45) is 5.92 Å². The van der Waals surface area contributed by atoms with E-state index in [0.717, 1.165) is 31.3 Å². The van der Waals surface area contributed by atoms with Crippen molar-refractivity contribution < 1.29 is 14.3 Å². The molecule has 21 heavy (non-hydrogen) atoms. The van der Waals surface area contributed by atoms with Gasteiger partial charge in [-0.1, -0.05) is 22.0 Å². The lowest BCUT2D eigenvalue weighted by Crippen LogP contribution is -2.40. The van der Waals surface area contributed by atoms with Crippen molar-refractivity contribution in [2.75, 3.05) is 31.6 Å². The molecular weight excluding hydrogens is 334 g/mol. The summed E-state index contributed by atoms with van der Waals surface area (Å²) in [6.45, 7) is 2.72. The van der Waals surface area contributed by atoms with Gasteiger partial charge in [-0.2, -0.15) is 0 Å². The summed E-state index contributed by atoms with van der Waals surface area (Å²) in [6.07, 6.45) is 3.41. The Hall–Kier alpha value is -1.23. The maximum absolute atomic E-state index is 12.8. The molecule has 114 valence electrons. The summed E-state index contributed by atoms with van der Waals surface area (Å²) in [4.78, 5) is 14.8. The first-order chi connectivity index (χ1) is 10.3. The molecule has 0 aliphatic carbocycles. The fourth-order valence-corrected chi connectivity index (χ4v) is 3.70. The monoisotopic (exact) mass is 353 g/mol. The Kier molecular flexibility index (Phi) is 4.68. The molecule has 1 saturated heterocycles. The van der Waals surface area contributed by atoms with Crippen molar-refractivity contribution in [3.8, 4) is 11.5 Å². The van der Waals surface area contributed by atoms with Gasteiger partial charge in [0.25, 0.3) is 5.91 Å². The smallest absolute Gasteiger partial charge is 0.257 e. The number of benzene rings is 1. The Labute approximate surface area is 133 Å². The lowest BCUT2D eigenvalue weighted by atomic mass is 9.95. The fraction of sp³-hybridized carbons (Fsp3) is 0.562. The van der Waals surface area contributed by atoms with Gasteiger partial charge in [0.1, 0.15) is 13.2 Å². The summed E-state index contributed by atoms with van der Waals surface area (Å²) >= 11 is 3.50. The predicted molar refractivity (Wildman–Crippen MR) is 84.5 cm³/mol. The number of carbonyl (C=O) groups is 1. The van der Waals surface area contributed by atoms with E-state index in [1.54, 1.807) is 0 Å². The number of rotatable bonds is 3. The Morgan fingerprint density at radius 1 is 1.33 bits per heavy atom. The molecule has 5 heteroatoms. The number of piperidine rings is 1. The van der Waals surface area contributed by atoms with Crippen molar-refractivity contribution in [3.63, 3.8) is 0 Å². The van der Waals surface area contributed by atoms with Crippen molar-refractivity contribution in [1.29, 1.82) is 0 Å². The van der Waals surface area contributed by atoms with Crippen LogP contribution in [0.4, 0.5) is 0 Å². The summed E-state index contributed by atoms with van der Waals surface area (Å²) in [7, 11) is 0. The van der Waals surface area contributed by atoms with Crippen molar-refractivity contribution >= 4 is 21.8 Å². The maximum atomic E-state index is 12.8. The molecule has 0 aromatic heterocycles. The van der Waals surface area contributed by atoms with Gasteiger partial charge in [0.15, 0.2) is 11.5 Å².